The van der Waals surface area contributed by atoms with Crippen LogP contribution in [0.4, 0.5) is 5.82 Å². The maximum absolute atomic E-state index is 11.7. The van der Waals surface area contributed by atoms with Gasteiger partial charge in [-0.1, -0.05) is 39.3 Å². The first-order valence-electron chi connectivity index (χ1n) is 5.05. The molecule has 88 valence electrons. The average Bonchev–Trinajstić information content (AvgIpc) is 2.67. The topological polar surface area (TPSA) is 59.8 Å². The Hall–Kier alpha value is -1.69. The van der Waals surface area contributed by atoms with Crippen molar-refractivity contribution in [3.8, 4) is 0 Å². The van der Waals surface area contributed by atoms with Crippen LogP contribution in [0.2, 0.25) is 0 Å². The van der Waals surface area contributed by atoms with Gasteiger partial charge in [-0.25, -0.2) is 0 Å². The zero-order chi connectivity index (χ0) is 12.3. The third-order valence-corrected chi connectivity index (χ3v) is 2.95. The molecule has 1 amide bonds. The number of hydrogen-bond donors (Lipinski definition) is 1. The molecular formula is C11H11BrN4O. The van der Waals surface area contributed by atoms with Crippen LogP contribution in [0.3, 0.4) is 0 Å². The lowest BCUT2D eigenvalue weighted by Gasteiger charge is -2.03. The standard InChI is InChI=1S/C11H11BrN4O/c1-16-7-10(14-15-16)13-11(17)6-8-4-2-3-5-9(8)12/h2-5,7H,6H2,1H3,(H,13,17). The van der Waals surface area contributed by atoms with Gasteiger partial charge in [0.2, 0.25) is 5.91 Å². The lowest BCUT2D eigenvalue weighted by atomic mass is 10.1. The Morgan fingerprint density at radius 3 is 2.88 bits per heavy atom. The summed E-state index contributed by atoms with van der Waals surface area (Å²) in [5.41, 5.74) is 0.939. The second-order valence-corrected chi connectivity index (χ2v) is 4.45. The molecule has 0 saturated heterocycles. The van der Waals surface area contributed by atoms with E-state index in [-0.39, 0.29) is 5.91 Å². The number of nitrogens with one attached hydrogen (secondary N) is 1. The molecule has 0 bridgehead atoms. The van der Waals surface area contributed by atoms with Crippen molar-refractivity contribution in [1.29, 1.82) is 0 Å². The van der Waals surface area contributed by atoms with Crippen molar-refractivity contribution in [2.75, 3.05) is 5.32 Å². The van der Waals surface area contributed by atoms with Gasteiger partial charge in [-0.15, -0.1) is 5.10 Å². The number of rotatable bonds is 3. The van der Waals surface area contributed by atoms with E-state index in [1.807, 2.05) is 24.3 Å². The molecule has 0 saturated carbocycles. The number of benzene rings is 1. The summed E-state index contributed by atoms with van der Waals surface area (Å²) >= 11 is 3.40. The minimum atomic E-state index is -0.114. The van der Waals surface area contributed by atoms with Gasteiger partial charge in [-0.05, 0) is 11.6 Å². The zero-order valence-electron chi connectivity index (χ0n) is 9.22. The number of nitrogens with zero attached hydrogens (tertiary/aromatic N) is 3. The molecule has 2 aromatic rings. The highest BCUT2D eigenvalue weighted by Crippen LogP contribution is 2.16. The minimum absolute atomic E-state index is 0.114. The van der Waals surface area contributed by atoms with Gasteiger partial charge >= 0.3 is 0 Å². The molecule has 17 heavy (non-hydrogen) atoms. The van der Waals surface area contributed by atoms with Crippen molar-refractivity contribution >= 4 is 27.7 Å². The Labute approximate surface area is 107 Å². The lowest BCUT2D eigenvalue weighted by molar-refractivity contribution is -0.115. The Bertz CT molecular complexity index is 538. The Morgan fingerprint density at radius 2 is 2.24 bits per heavy atom. The molecule has 1 N–H and O–H groups in total. The van der Waals surface area contributed by atoms with E-state index in [4.69, 9.17) is 0 Å². The number of hydrogen-bond acceptors (Lipinski definition) is 3. The average molecular weight is 295 g/mol. The molecule has 0 unspecified atom stereocenters. The molecule has 1 aromatic heterocycles. The van der Waals surface area contributed by atoms with Gasteiger partial charge in [0.15, 0.2) is 5.82 Å². The summed E-state index contributed by atoms with van der Waals surface area (Å²) in [7, 11) is 1.75. The van der Waals surface area contributed by atoms with Gasteiger partial charge in [0, 0.05) is 11.5 Å². The smallest absolute Gasteiger partial charge is 0.230 e. The lowest BCUT2D eigenvalue weighted by Crippen LogP contribution is -2.14. The van der Waals surface area contributed by atoms with Gasteiger partial charge in [0.05, 0.1) is 12.6 Å². The van der Waals surface area contributed by atoms with Crippen LogP contribution < -0.4 is 5.32 Å². The molecule has 5 nitrogen and oxygen atoms in total. The molecule has 0 fully saturated rings. The molecule has 6 heteroatoms. The molecule has 2 rings (SSSR count). The fourth-order valence-corrected chi connectivity index (χ4v) is 1.83. The number of anilines is 1. The SMILES string of the molecule is Cn1cc(NC(=O)Cc2ccccc2Br)nn1. The number of carbonyl (C=O) groups excluding carboxylic acids is 1. The first-order chi connectivity index (χ1) is 8.15. The minimum Gasteiger partial charge on any atom is -0.308 e. The van der Waals surface area contributed by atoms with E-state index in [0.29, 0.717) is 12.2 Å². The predicted molar refractivity (Wildman–Crippen MR) is 67.5 cm³/mol. The Morgan fingerprint density at radius 1 is 1.47 bits per heavy atom. The van der Waals surface area contributed by atoms with Gasteiger partial charge in [-0.3, -0.25) is 9.48 Å². The monoisotopic (exact) mass is 294 g/mol. The van der Waals surface area contributed by atoms with Gasteiger partial charge < -0.3 is 5.32 Å². The van der Waals surface area contributed by atoms with Crippen molar-refractivity contribution in [2.24, 2.45) is 7.05 Å². The van der Waals surface area contributed by atoms with E-state index in [1.54, 1.807) is 13.2 Å². The number of amides is 1. The molecule has 1 aromatic carbocycles. The highest BCUT2D eigenvalue weighted by molar-refractivity contribution is 9.10. The van der Waals surface area contributed by atoms with Crippen molar-refractivity contribution < 1.29 is 4.79 Å². The summed E-state index contributed by atoms with van der Waals surface area (Å²) in [6, 6.07) is 7.62. The summed E-state index contributed by atoms with van der Waals surface area (Å²) in [4.78, 5) is 11.7. The molecule has 0 radical (unpaired) electrons. The summed E-state index contributed by atoms with van der Waals surface area (Å²) in [6.07, 6.45) is 1.95. The number of carbonyl (C=O) groups is 1. The molecular weight excluding hydrogens is 284 g/mol. The Balaban J connectivity index is 2.01. The van der Waals surface area contributed by atoms with Crippen LogP contribution in [-0.4, -0.2) is 20.9 Å². The van der Waals surface area contributed by atoms with E-state index in [0.717, 1.165) is 10.0 Å². The molecule has 1 heterocycles. The van der Waals surface area contributed by atoms with Crippen LogP contribution in [0, 0.1) is 0 Å². The second kappa shape index (κ2) is 5.09. The maximum atomic E-state index is 11.7. The van der Waals surface area contributed by atoms with Gasteiger partial charge in [0.25, 0.3) is 0 Å². The quantitative estimate of drug-likeness (QED) is 0.938. The van der Waals surface area contributed by atoms with Crippen molar-refractivity contribution in [3.05, 3.63) is 40.5 Å². The first-order valence-corrected chi connectivity index (χ1v) is 5.84. The molecule has 0 atom stereocenters. The third-order valence-electron chi connectivity index (χ3n) is 2.18. The van der Waals surface area contributed by atoms with E-state index >= 15 is 0 Å². The number of halogens is 1. The summed E-state index contributed by atoms with van der Waals surface area (Å²) < 4.78 is 2.46. The maximum Gasteiger partial charge on any atom is 0.230 e. The van der Waals surface area contributed by atoms with E-state index < -0.39 is 0 Å². The van der Waals surface area contributed by atoms with Gasteiger partial charge in [-0.2, -0.15) is 0 Å². The number of aryl methyl sites for hydroxylation is 1. The van der Waals surface area contributed by atoms with Crippen molar-refractivity contribution in [3.63, 3.8) is 0 Å². The first kappa shape index (κ1) is 11.8. The van der Waals surface area contributed by atoms with Crippen LogP contribution >= 0.6 is 15.9 Å². The summed E-state index contributed by atoms with van der Waals surface area (Å²) in [6.45, 7) is 0. The van der Waals surface area contributed by atoms with E-state index in [1.165, 1.54) is 4.68 Å². The molecule has 0 aliphatic heterocycles. The van der Waals surface area contributed by atoms with Crippen molar-refractivity contribution in [2.45, 2.75) is 6.42 Å². The van der Waals surface area contributed by atoms with Crippen LogP contribution in [0.25, 0.3) is 0 Å². The van der Waals surface area contributed by atoms with E-state index in [2.05, 4.69) is 31.6 Å². The van der Waals surface area contributed by atoms with Crippen LogP contribution in [-0.2, 0) is 18.3 Å². The highest BCUT2D eigenvalue weighted by Gasteiger charge is 2.08. The molecule has 0 aliphatic carbocycles. The molecule has 0 aliphatic rings. The summed E-state index contributed by atoms with van der Waals surface area (Å²) in [5.74, 6) is 0.349. The Kier molecular flexibility index (Phi) is 3.53. The molecule has 0 spiro atoms. The van der Waals surface area contributed by atoms with Crippen LogP contribution in [0.15, 0.2) is 34.9 Å². The fraction of sp³-hybridized carbons (Fsp3) is 0.182. The largest absolute Gasteiger partial charge is 0.308 e. The van der Waals surface area contributed by atoms with E-state index in [9.17, 15) is 4.79 Å². The van der Waals surface area contributed by atoms with Crippen molar-refractivity contribution in [1.82, 2.24) is 15.0 Å². The van der Waals surface area contributed by atoms with Gasteiger partial charge in [0.1, 0.15) is 0 Å². The second-order valence-electron chi connectivity index (χ2n) is 3.59. The fourth-order valence-electron chi connectivity index (χ4n) is 1.41. The van der Waals surface area contributed by atoms with Crippen LogP contribution in [0.1, 0.15) is 5.56 Å². The predicted octanol–water partition coefficient (Wildman–Crippen LogP) is 1.76. The number of aromatic nitrogens is 3. The van der Waals surface area contributed by atoms with Crippen LogP contribution in [0.5, 0.6) is 0 Å². The summed E-state index contributed by atoms with van der Waals surface area (Å²) in [5, 5.41) is 10.2. The normalized spacial score (nSPS) is 10.2. The zero-order valence-corrected chi connectivity index (χ0v) is 10.8. The highest BCUT2D eigenvalue weighted by atomic mass is 79.9. The third kappa shape index (κ3) is 3.13.